The van der Waals surface area contributed by atoms with Gasteiger partial charge in [0.25, 0.3) is 13.4 Å². The van der Waals surface area contributed by atoms with Crippen LogP contribution < -0.4 is 5.32 Å². The number of carbonyl (C=O) groups excluding carboxylic acids is 1. The lowest BCUT2D eigenvalue weighted by Gasteiger charge is -2.43. The Morgan fingerprint density at radius 1 is 1.11 bits per heavy atom. The molecule has 0 bridgehead atoms. The molecule has 0 aromatic heterocycles. The third-order valence-corrected chi connectivity index (χ3v) is 8.05. The molecule has 1 saturated heterocycles. The highest BCUT2D eigenvalue weighted by Gasteiger charge is 2.45. The first-order valence-electron chi connectivity index (χ1n) is 9.78. The van der Waals surface area contributed by atoms with Gasteiger partial charge in [-0.2, -0.15) is 0 Å². The van der Waals surface area contributed by atoms with Crippen molar-refractivity contribution in [1.82, 2.24) is 9.99 Å². The van der Waals surface area contributed by atoms with Gasteiger partial charge in [0.05, 0.1) is 11.8 Å². The number of nitrogens with zero attached hydrogens (tertiary/aromatic N) is 1. The van der Waals surface area contributed by atoms with Crippen molar-refractivity contribution in [2.45, 2.75) is 65.6 Å². The summed E-state index contributed by atoms with van der Waals surface area (Å²) in [6, 6.07) is 9.37. The van der Waals surface area contributed by atoms with Gasteiger partial charge < -0.3 is 9.84 Å². The number of nitrogens with one attached hydrogen (secondary N) is 1. The number of benzene rings is 1. The predicted molar refractivity (Wildman–Crippen MR) is 111 cm³/mol. The number of piperidine rings is 1. The molecule has 0 saturated carbocycles. The Morgan fingerprint density at radius 2 is 1.67 bits per heavy atom. The molecule has 1 N–H and O–H groups in total. The second-order valence-corrected chi connectivity index (χ2v) is 12.8. The molecule has 1 amide bonds. The maximum Gasteiger partial charge on any atom is 0.277 e. The van der Waals surface area contributed by atoms with E-state index in [9.17, 15) is 9.36 Å². The lowest BCUT2D eigenvalue weighted by atomic mass is 9.99. The fourth-order valence-corrected chi connectivity index (χ4v) is 5.83. The van der Waals surface area contributed by atoms with Gasteiger partial charge in [0, 0.05) is 24.7 Å². The first-order valence-corrected chi connectivity index (χ1v) is 11.4. The molecule has 1 aliphatic heterocycles. The van der Waals surface area contributed by atoms with Crippen molar-refractivity contribution >= 4 is 13.4 Å². The Bertz CT molecular complexity index is 669. The fraction of sp³-hybridized carbons (Fsp3) is 0.667. The van der Waals surface area contributed by atoms with Crippen LogP contribution in [0.2, 0.25) is 0 Å². The first kappa shape index (κ1) is 22.1. The molecule has 1 aromatic rings. The zero-order valence-corrected chi connectivity index (χ0v) is 18.5. The number of hydrogen-bond acceptors (Lipinski definition) is 3. The number of amides is 1. The van der Waals surface area contributed by atoms with Crippen LogP contribution in [-0.2, 0) is 9.09 Å². The topological polar surface area (TPSA) is 58.6 Å². The summed E-state index contributed by atoms with van der Waals surface area (Å²) in [5.74, 6) is -0.0444. The van der Waals surface area contributed by atoms with Crippen LogP contribution in [0.5, 0.6) is 0 Å². The Morgan fingerprint density at radius 3 is 2.15 bits per heavy atom. The van der Waals surface area contributed by atoms with Gasteiger partial charge in [0.15, 0.2) is 0 Å². The number of carbonyl (C=O) groups is 1. The van der Waals surface area contributed by atoms with Crippen LogP contribution >= 0.6 is 7.52 Å². The van der Waals surface area contributed by atoms with E-state index in [1.165, 1.54) is 0 Å². The molecule has 152 valence electrons. The van der Waals surface area contributed by atoms with Crippen LogP contribution in [0, 0.1) is 5.41 Å². The zero-order valence-electron chi connectivity index (χ0n) is 17.6. The lowest BCUT2D eigenvalue weighted by molar-refractivity contribution is 0.0919. The Hall–Kier alpha value is -1.16. The highest BCUT2D eigenvalue weighted by molar-refractivity contribution is 7.58. The van der Waals surface area contributed by atoms with E-state index in [2.05, 4.69) is 26.1 Å². The lowest BCUT2D eigenvalue weighted by Crippen LogP contribution is -2.45. The van der Waals surface area contributed by atoms with Crippen molar-refractivity contribution in [2.24, 2.45) is 5.41 Å². The van der Waals surface area contributed by atoms with Crippen molar-refractivity contribution in [3.8, 4) is 0 Å². The van der Waals surface area contributed by atoms with Gasteiger partial charge in [-0.15, -0.1) is 0 Å². The van der Waals surface area contributed by atoms with Crippen LogP contribution in [-0.4, -0.2) is 41.5 Å². The minimum Gasteiger partial charge on any atom is -0.349 e. The van der Waals surface area contributed by atoms with E-state index in [4.69, 9.17) is 4.52 Å². The summed E-state index contributed by atoms with van der Waals surface area (Å²) >= 11 is 0. The zero-order chi connectivity index (χ0) is 20.3. The first-order chi connectivity index (χ1) is 12.4. The maximum absolute atomic E-state index is 13.8. The molecule has 0 radical (unpaired) electrons. The highest BCUT2D eigenvalue weighted by atomic mass is 31.2. The highest BCUT2D eigenvalue weighted by Crippen LogP contribution is 2.62. The SMILES string of the molecule is CC(C)(C)COP(=O)(N1CCC(NC(=O)c2ccccc2)CC1)C(C)(C)C. The van der Waals surface area contributed by atoms with Crippen LogP contribution in [0.25, 0.3) is 0 Å². The van der Waals surface area contributed by atoms with Gasteiger partial charge in [-0.1, -0.05) is 39.0 Å². The largest absolute Gasteiger partial charge is 0.349 e. The minimum absolute atomic E-state index is 0.0388. The van der Waals surface area contributed by atoms with Gasteiger partial charge in [-0.05, 0) is 51.2 Å². The Labute approximate surface area is 164 Å². The summed E-state index contributed by atoms with van der Waals surface area (Å²) in [5, 5.41) is 2.66. The normalized spacial score (nSPS) is 19.5. The summed E-state index contributed by atoms with van der Waals surface area (Å²) in [5.41, 5.74) is 0.636. The fourth-order valence-electron chi connectivity index (χ4n) is 3.11. The van der Waals surface area contributed by atoms with Crippen molar-refractivity contribution in [1.29, 1.82) is 0 Å². The van der Waals surface area contributed by atoms with E-state index in [0.29, 0.717) is 25.3 Å². The van der Waals surface area contributed by atoms with E-state index in [1.54, 1.807) is 0 Å². The molecule has 0 aliphatic carbocycles. The second kappa shape index (κ2) is 8.46. The summed E-state index contributed by atoms with van der Waals surface area (Å²) in [6.45, 7) is 14.0. The molecule has 1 fully saturated rings. The van der Waals surface area contributed by atoms with Gasteiger partial charge in [0.2, 0.25) is 0 Å². The average molecular weight is 394 g/mol. The van der Waals surface area contributed by atoms with E-state index in [0.717, 1.165) is 12.8 Å². The maximum atomic E-state index is 13.8. The summed E-state index contributed by atoms with van der Waals surface area (Å²) in [7, 11) is -2.97. The standard InChI is InChI=1S/C21H35N2O3P/c1-20(2,3)16-26-27(25,21(4,5)6)23-14-12-18(13-15-23)22-19(24)17-10-8-7-9-11-17/h7-11,18H,12-16H2,1-6H3,(H,22,24). The van der Waals surface area contributed by atoms with E-state index in [-0.39, 0.29) is 17.4 Å². The third kappa shape index (κ3) is 5.91. The van der Waals surface area contributed by atoms with Crippen LogP contribution in [0.3, 0.4) is 0 Å². The minimum atomic E-state index is -2.97. The molecule has 27 heavy (non-hydrogen) atoms. The quantitative estimate of drug-likeness (QED) is 0.719. The molecule has 1 atom stereocenters. The molecule has 6 heteroatoms. The van der Waals surface area contributed by atoms with Crippen LogP contribution in [0.4, 0.5) is 0 Å². The second-order valence-electron chi connectivity index (χ2n) is 9.59. The summed E-state index contributed by atoms with van der Waals surface area (Å²) in [6.07, 6.45) is 1.55. The van der Waals surface area contributed by atoms with Crippen molar-refractivity contribution in [3.63, 3.8) is 0 Å². The Kier molecular flexibility index (Phi) is 6.94. The average Bonchev–Trinajstić information content (AvgIpc) is 2.59. The van der Waals surface area contributed by atoms with Crippen molar-refractivity contribution in [3.05, 3.63) is 35.9 Å². The molecule has 1 unspecified atom stereocenters. The molecule has 2 rings (SSSR count). The van der Waals surface area contributed by atoms with Crippen molar-refractivity contribution in [2.75, 3.05) is 19.7 Å². The predicted octanol–water partition coefficient (Wildman–Crippen LogP) is 4.94. The Balaban J connectivity index is 1.99. The van der Waals surface area contributed by atoms with Crippen LogP contribution in [0.15, 0.2) is 30.3 Å². The van der Waals surface area contributed by atoms with Gasteiger partial charge in [-0.25, -0.2) is 4.67 Å². The molecule has 0 spiro atoms. The molecule has 1 aromatic carbocycles. The van der Waals surface area contributed by atoms with E-state index in [1.807, 2.05) is 55.8 Å². The summed E-state index contributed by atoms with van der Waals surface area (Å²) < 4.78 is 21.9. The summed E-state index contributed by atoms with van der Waals surface area (Å²) in [4.78, 5) is 12.4. The van der Waals surface area contributed by atoms with E-state index >= 15 is 0 Å². The molecule has 1 heterocycles. The van der Waals surface area contributed by atoms with Crippen molar-refractivity contribution < 1.29 is 13.9 Å². The van der Waals surface area contributed by atoms with Gasteiger partial charge >= 0.3 is 0 Å². The molecule has 1 aliphatic rings. The van der Waals surface area contributed by atoms with Crippen LogP contribution in [0.1, 0.15) is 64.7 Å². The van der Waals surface area contributed by atoms with Gasteiger partial charge in [0.1, 0.15) is 0 Å². The smallest absolute Gasteiger partial charge is 0.277 e. The monoisotopic (exact) mass is 394 g/mol. The number of hydrogen-bond donors (Lipinski definition) is 1. The molecule has 5 nitrogen and oxygen atoms in total. The molecular formula is C21H35N2O3P. The van der Waals surface area contributed by atoms with Gasteiger partial charge in [-0.3, -0.25) is 9.36 Å². The third-order valence-electron chi connectivity index (χ3n) is 4.74. The molecular weight excluding hydrogens is 359 g/mol. The van der Waals surface area contributed by atoms with E-state index < -0.39 is 12.7 Å². The number of rotatable bonds is 5.